The average Bonchev–Trinajstić information content (AvgIpc) is 3.38. The van der Waals surface area contributed by atoms with Crippen LogP contribution >= 0.6 is 11.3 Å². The van der Waals surface area contributed by atoms with Crippen LogP contribution < -0.4 is 9.64 Å². The Balaban J connectivity index is 1.82. The Hall–Kier alpha value is -3.12. The second kappa shape index (κ2) is 7.72. The highest BCUT2D eigenvalue weighted by Crippen LogP contribution is 2.37. The summed E-state index contributed by atoms with van der Waals surface area (Å²) in [5.41, 5.74) is 4.73. The van der Waals surface area contributed by atoms with Gasteiger partial charge >= 0.3 is 0 Å². The topological polar surface area (TPSA) is 55.6 Å². The first kappa shape index (κ1) is 19.2. The number of hydrogen-bond donors (Lipinski definition) is 0. The summed E-state index contributed by atoms with van der Waals surface area (Å²) in [5.74, 6) is 1.29. The molecule has 2 aromatic carbocycles. The van der Waals surface area contributed by atoms with Crippen LogP contribution in [0.4, 0.5) is 5.13 Å². The number of carbonyl (C=O) groups excluding carboxylic acids is 1. The lowest BCUT2D eigenvalue weighted by molar-refractivity contribution is 0.0983. The van der Waals surface area contributed by atoms with Crippen molar-refractivity contribution in [3.8, 4) is 5.75 Å². The number of thiazole rings is 1. The first-order chi connectivity index (χ1) is 14.0. The molecule has 5 nitrogen and oxygen atoms in total. The van der Waals surface area contributed by atoms with Crippen molar-refractivity contribution in [1.29, 1.82) is 0 Å². The van der Waals surface area contributed by atoms with Gasteiger partial charge in [-0.1, -0.05) is 23.5 Å². The molecule has 148 valence electrons. The zero-order chi connectivity index (χ0) is 20.5. The van der Waals surface area contributed by atoms with Gasteiger partial charge in [-0.05, 0) is 67.8 Å². The van der Waals surface area contributed by atoms with Crippen molar-refractivity contribution in [2.45, 2.75) is 27.3 Å². The van der Waals surface area contributed by atoms with Crippen molar-refractivity contribution in [1.82, 2.24) is 4.98 Å². The van der Waals surface area contributed by atoms with E-state index in [1.807, 2.05) is 63.2 Å². The minimum Gasteiger partial charge on any atom is -0.494 e. The van der Waals surface area contributed by atoms with Crippen LogP contribution in [0.2, 0.25) is 0 Å². The zero-order valence-electron chi connectivity index (χ0n) is 16.9. The highest BCUT2D eigenvalue weighted by molar-refractivity contribution is 7.22. The number of ether oxygens (including phenoxy) is 1. The van der Waals surface area contributed by atoms with E-state index >= 15 is 0 Å². The van der Waals surface area contributed by atoms with Crippen LogP contribution in [0.15, 0.2) is 53.1 Å². The summed E-state index contributed by atoms with van der Waals surface area (Å²) < 4.78 is 12.0. The Morgan fingerprint density at radius 3 is 2.59 bits per heavy atom. The van der Waals surface area contributed by atoms with E-state index in [1.165, 1.54) is 11.3 Å². The smallest absolute Gasteiger partial charge is 0.260 e. The first-order valence-corrected chi connectivity index (χ1v) is 10.1. The van der Waals surface area contributed by atoms with E-state index in [2.05, 4.69) is 0 Å². The van der Waals surface area contributed by atoms with Crippen molar-refractivity contribution in [3.05, 3.63) is 76.7 Å². The summed E-state index contributed by atoms with van der Waals surface area (Å²) in [4.78, 5) is 19.9. The Morgan fingerprint density at radius 1 is 1.10 bits per heavy atom. The number of rotatable bonds is 5. The van der Waals surface area contributed by atoms with Crippen molar-refractivity contribution < 1.29 is 13.9 Å². The first-order valence-electron chi connectivity index (χ1n) is 9.33. The fraction of sp³-hybridized carbons (Fsp3) is 0.217. The standard InChI is InChI=1S/C23H22N2O3S/c1-14-7-9-17(12-16(14)3)22(26)25(13-18-6-5-11-28-18)23-24-20-19(27-4)10-8-15(2)21(20)29-23/h5-12H,13H2,1-4H3. The number of nitrogens with zero attached hydrogens (tertiary/aromatic N) is 2. The highest BCUT2D eigenvalue weighted by Gasteiger charge is 2.24. The van der Waals surface area contributed by atoms with Crippen LogP contribution in [0.25, 0.3) is 10.2 Å². The molecular formula is C23H22N2O3S. The summed E-state index contributed by atoms with van der Waals surface area (Å²) >= 11 is 1.49. The van der Waals surface area contributed by atoms with Gasteiger partial charge < -0.3 is 9.15 Å². The predicted molar refractivity (Wildman–Crippen MR) is 116 cm³/mol. The molecule has 6 heteroatoms. The largest absolute Gasteiger partial charge is 0.494 e. The minimum atomic E-state index is -0.111. The average molecular weight is 407 g/mol. The van der Waals surface area contributed by atoms with E-state index in [-0.39, 0.29) is 5.91 Å². The van der Waals surface area contributed by atoms with Crippen molar-refractivity contribution in [2.24, 2.45) is 0 Å². The SMILES string of the molecule is COc1ccc(C)c2sc(N(Cc3ccco3)C(=O)c3ccc(C)c(C)c3)nc12. The molecule has 4 aromatic rings. The molecule has 0 aliphatic heterocycles. The maximum atomic E-state index is 13.5. The molecular weight excluding hydrogens is 384 g/mol. The van der Waals surface area contributed by atoms with Crippen molar-refractivity contribution in [3.63, 3.8) is 0 Å². The van der Waals surface area contributed by atoms with E-state index in [0.717, 1.165) is 26.9 Å². The molecule has 2 heterocycles. The van der Waals surface area contributed by atoms with Crippen LogP contribution in [0.1, 0.15) is 32.8 Å². The minimum absolute atomic E-state index is 0.111. The van der Waals surface area contributed by atoms with Gasteiger partial charge in [-0.15, -0.1) is 0 Å². The molecule has 0 unspecified atom stereocenters. The fourth-order valence-corrected chi connectivity index (χ4v) is 4.24. The van der Waals surface area contributed by atoms with Crippen LogP contribution in [0.3, 0.4) is 0 Å². The molecule has 2 aromatic heterocycles. The second-order valence-corrected chi connectivity index (χ2v) is 8.01. The normalized spacial score (nSPS) is 11.0. The molecule has 0 atom stereocenters. The van der Waals surface area contributed by atoms with Gasteiger partial charge in [-0.25, -0.2) is 4.98 Å². The number of benzene rings is 2. The lowest BCUT2D eigenvalue weighted by atomic mass is 10.1. The molecule has 0 spiro atoms. The molecule has 0 fully saturated rings. The zero-order valence-corrected chi connectivity index (χ0v) is 17.7. The van der Waals surface area contributed by atoms with E-state index in [9.17, 15) is 4.79 Å². The number of aryl methyl sites for hydroxylation is 3. The monoisotopic (exact) mass is 406 g/mol. The summed E-state index contributed by atoms with van der Waals surface area (Å²) in [6.45, 7) is 6.38. The molecule has 0 aliphatic rings. The van der Waals surface area contributed by atoms with Crippen molar-refractivity contribution >= 4 is 32.6 Å². The van der Waals surface area contributed by atoms with E-state index in [0.29, 0.717) is 28.7 Å². The lowest BCUT2D eigenvalue weighted by Gasteiger charge is -2.19. The third-order valence-electron chi connectivity index (χ3n) is 5.04. The van der Waals surface area contributed by atoms with Gasteiger partial charge in [-0.2, -0.15) is 0 Å². The second-order valence-electron chi connectivity index (χ2n) is 7.03. The van der Waals surface area contributed by atoms with Crippen LogP contribution in [-0.4, -0.2) is 18.0 Å². The molecule has 29 heavy (non-hydrogen) atoms. The summed E-state index contributed by atoms with van der Waals surface area (Å²) in [6, 6.07) is 13.3. The van der Waals surface area contributed by atoms with Gasteiger partial charge in [-0.3, -0.25) is 9.69 Å². The molecule has 4 rings (SSSR count). The predicted octanol–water partition coefficient (Wildman–Crippen LogP) is 5.67. The van der Waals surface area contributed by atoms with Gasteiger partial charge in [0.25, 0.3) is 5.91 Å². The summed E-state index contributed by atoms with van der Waals surface area (Å²) in [7, 11) is 1.63. The van der Waals surface area contributed by atoms with Crippen LogP contribution in [0, 0.1) is 20.8 Å². The summed E-state index contributed by atoms with van der Waals surface area (Å²) in [5, 5.41) is 0.618. The summed E-state index contributed by atoms with van der Waals surface area (Å²) in [6.07, 6.45) is 1.61. The van der Waals surface area contributed by atoms with Gasteiger partial charge in [0.2, 0.25) is 0 Å². The molecule has 0 aliphatic carbocycles. The third-order valence-corrected chi connectivity index (χ3v) is 6.25. The Bertz CT molecular complexity index is 1180. The Morgan fingerprint density at radius 2 is 1.90 bits per heavy atom. The number of furan rings is 1. The number of fused-ring (bicyclic) bond motifs is 1. The molecule has 0 radical (unpaired) electrons. The molecule has 0 saturated carbocycles. The quantitative estimate of drug-likeness (QED) is 0.428. The fourth-order valence-electron chi connectivity index (χ4n) is 3.19. The molecule has 0 bridgehead atoms. The number of amides is 1. The number of aromatic nitrogens is 1. The van der Waals surface area contributed by atoms with E-state index < -0.39 is 0 Å². The van der Waals surface area contributed by atoms with Crippen molar-refractivity contribution in [2.75, 3.05) is 12.0 Å². The molecule has 0 saturated heterocycles. The Kier molecular flexibility index (Phi) is 5.11. The van der Waals surface area contributed by atoms with Crippen LogP contribution in [-0.2, 0) is 6.54 Å². The number of anilines is 1. The van der Waals surface area contributed by atoms with Gasteiger partial charge in [0, 0.05) is 5.56 Å². The third kappa shape index (κ3) is 3.63. The van der Waals surface area contributed by atoms with E-state index in [4.69, 9.17) is 14.1 Å². The highest BCUT2D eigenvalue weighted by atomic mass is 32.1. The maximum Gasteiger partial charge on any atom is 0.260 e. The Labute approximate surface area is 173 Å². The van der Waals surface area contributed by atoms with Gasteiger partial charge in [0.15, 0.2) is 5.13 Å². The maximum absolute atomic E-state index is 13.5. The lowest BCUT2D eigenvalue weighted by Crippen LogP contribution is -2.30. The molecule has 0 N–H and O–H groups in total. The van der Waals surface area contributed by atoms with Crippen LogP contribution in [0.5, 0.6) is 5.75 Å². The van der Waals surface area contributed by atoms with E-state index in [1.54, 1.807) is 18.3 Å². The molecule has 1 amide bonds. The number of hydrogen-bond acceptors (Lipinski definition) is 5. The number of methoxy groups -OCH3 is 1. The van der Waals surface area contributed by atoms with Gasteiger partial charge in [0.05, 0.1) is 24.6 Å². The van der Waals surface area contributed by atoms with Gasteiger partial charge in [0.1, 0.15) is 17.0 Å². The number of carbonyl (C=O) groups is 1.